The maximum Gasteiger partial charge on any atom is 0.251 e. The quantitative estimate of drug-likeness (QED) is 0.563. The van der Waals surface area contributed by atoms with Crippen molar-refractivity contribution in [2.75, 3.05) is 11.9 Å². The number of ketones is 1. The van der Waals surface area contributed by atoms with Gasteiger partial charge in [0, 0.05) is 30.8 Å². The van der Waals surface area contributed by atoms with Crippen LogP contribution >= 0.6 is 0 Å². The van der Waals surface area contributed by atoms with Gasteiger partial charge in [0.2, 0.25) is 0 Å². The summed E-state index contributed by atoms with van der Waals surface area (Å²) in [6.45, 7) is 12.0. The van der Waals surface area contributed by atoms with Gasteiger partial charge >= 0.3 is 0 Å². The summed E-state index contributed by atoms with van der Waals surface area (Å²) in [6, 6.07) is 1.66. The van der Waals surface area contributed by atoms with Gasteiger partial charge in [-0.2, -0.15) is 5.10 Å². The number of aryl methyl sites for hydroxylation is 2. The van der Waals surface area contributed by atoms with Gasteiger partial charge in [-0.1, -0.05) is 26.3 Å². The Kier molecular flexibility index (Phi) is 6.83. The molecule has 4 rings (SSSR count). The number of allylic oxidation sites excluding steroid dienone is 1. The Morgan fingerprint density at radius 2 is 2.03 bits per heavy atom. The minimum Gasteiger partial charge on any atom is -0.351 e. The number of pyridine rings is 1. The molecule has 3 heterocycles. The van der Waals surface area contributed by atoms with E-state index >= 15 is 4.39 Å². The zero-order chi connectivity index (χ0) is 25.4. The third-order valence-corrected chi connectivity index (χ3v) is 7.18. The largest absolute Gasteiger partial charge is 0.351 e. The van der Waals surface area contributed by atoms with Crippen molar-refractivity contribution < 1.29 is 14.0 Å². The van der Waals surface area contributed by atoms with Gasteiger partial charge in [-0.25, -0.2) is 9.37 Å². The molecule has 8 heteroatoms. The predicted octanol–water partition coefficient (Wildman–Crippen LogP) is 5.09. The number of rotatable bonds is 6. The molecule has 2 atom stereocenters. The first-order chi connectivity index (χ1) is 16.6. The molecular formula is C27H32FN5O2. The second-order valence-electron chi connectivity index (χ2n) is 9.62. The first-order valence-electron chi connectivity index (χ1n) is 12.2. The second kappa shape index (κ2) is 9.68. The van der Waals surface area contributed by atoms with Crippen molar-refractivity contribution in [1.82, 2.24) is 20.5 Å². The van der Waals surface area contributed by atoms with Gasteiger partial charge in [0.15, 0.2) is 23.1 Å². The van der Waals surface area contributed by atoms with Crippen LogP contribution in [0.3, 0.4) is 0 Å². The highest BCUT2D eigenvalue weighted by molar-refractivity contribution is 6.03. The van der Waals surface area contributed by atoms with Gasteiger partial charge in [0.1, 0.15) is 0 Å². The SMILES string of the molecule is CCC(C)C1=C(C2=C(C)C(C)CNC2=O)CCc2cnc(Nc3cc(C)nnc3C(C)=O)c(F)c21. The monoisotopic (exact) mass is 477 g/mol. The lowest BCUT2D eigenvalue weighted by atomic mass is 9.74. The molecule has 0 aromatic carbocycles. The fourth-order valence-electron chi connectivity index (χ4n) is 4.90. The van der Waals surface area contributed by atoms with Crippen molar-refractivity contribution >= 4 is 28.8 Å². The third kappa shape index (κ3) is 4.49. The molecule has 35 heavy (non-hydrogen) atoms. The molecule has 1 aliphatic carbocycles. The Morgan fingerprint density at radius 1 is 1.29 bits per heavy atom. The van der Waals surface area contributed by atoms with E-state index in [4.69, 9.17) is 0 Å². The number of amides is 1. The van der Waals surface area contributed by atoms with E-state index in [0.717, 1.165) is 28.7 Å². The molecule has 2 N–H and O–H groups in total. The molecule has 2 unspecified atom stereocenters. The number of hydrogen-bond donors (Lipinski definition) is 2. The molecular weight excluding hydrogens is 445 g/mol. The second-order valence-corrected chi connectivity index (χ2v) is 9.62. The van der Waals surface area contributed by atoms with Gasteiger partial charge in [-0.3, -0.25) is 9.59 Å². The Hall–Kier alpha value is -3.42. The van der Waals surface area contributed by atoms with Gasteiger partial charge < -0.3 is 10.6 Å². The summed E-state index contributed by atoms with van der Waals surface area (Å²) in [7, 11) is 0. The van der Waals surface area contributed by atoms with Crippen LogP contribution < -0.4 is 10.6 Å². The van der Waals surface area contributed by atoms with E-state index < -0.39 is 5.82 Å². The summed E-state index contributed by atoms with van der Waals surface area (Å²) >= 11 is 0. The highest BCUT2D eigenvalue weighted by Gasteiger charge is 2.34. The first kappa shape index (κ1) is 24.7. The summed E-state index contributed by atoms with van der Waals surface area (Å²) < 4.78 is 16.2. The van der Waals surface area contributed by atoms with E-state index in [2.05, 4.69) is 46.6 Å². The number of halogens is 1. The van der Waals surface area contributed by atoms with Crippen LogP contribution in [0.4, 0.5) is 15.9 Å². The van der Waals surface area contributed by atoms with Crippen LogP contribution in [0.2, 0.25) is 0 Å². The van der Waals surface area contributed by atoms with Crippen molar-refractivity contribution in [3.63, 3.8) is 0 Å². The molecule has 0 fully saturated rings. The van der Waals surface area contributed by atoms with Crippen LogP contribution in [0.1, 0.15) is 74.8 Å². The summed E-state index contributed by atoms with van der Waals surface area (Å²) in [5.74, 6) is -0.564. The fraction of sp³-hybridized carbons (Fsp3) is 0.444. The fourth-order valence-corrected chi connectivity index (χ4v) is 4.90. The van der Waals surface area contributed by atoms with E-state index in [1.54, 1.807) is 19.2 Å². The number of nitrogens with one attached hydrogen (secondary N) is 2. The average Bonchev–Trinajstić information content (AvgIpc) is 2.82. The van der Waals surface area contributed by atoms with Crippen LogP contribution in [0.5, 0.6) is 0 Å². The Balaban J connectivity index is 1.91. The normalized spacial score (nSPS) is 18.8. The number of carbonyl (C=O) groups excluding carboxylic acids is 2. The van der Waals surface area contributed by atoms with Crippen LogP contribution in [-0.4, -0.2) is 33.4 Å². The lowest BCUT2D eigenvalue weighted by molar-refractivity contribution is -0.117. The standard InChI is InChI=1S/C27H32FN5O2/c1-7-13(2)21-19(22-16(5)14(3)11-30-27(22)35)9-8-18-12-29-26(24(28)23(18)21)31-20-10-15(4)32-33-25(20)17(6)34/h10,12-14H,7-9,11H2,1-6H3,(H,30,35)(H,29,31,32). The molecule has 2 aliphatic rings. The summed E-state index contributed by atoms with van der Waals surface area (Å²) in [5, 5.41) is 13.9. The minimum absolute atomic E-state index is 0.0212. The Labute approximate surface area is 205 Å². The van der Waals surface area contributed by atoms with Crippen molar-refractivity contribution in [1.29, 1.82) is 0 Å². The van der Waals surface area contributed by atoms with Gasteiger partial charge in [-0.05, 0) is 67.7 Å². The number of carbonyl (C=O) groups is 2. The lowest BCUT2D eigenvalue weighted by Gasteiger charge is -2.32. The van der Waals surface area contributed by atoms with E-state index in [1.165, 1.54) is 6.92 Å². The zero-order valence-electron chi connectivity index (χ0n) is 21.2. The molecule has 184 valence electrons. The van der Waals surface area contributed by atoms with E-state index in [0.29, 0.717) is 41.9 Å². The molecule has 0 spiro atoms. The molecule has 1 aliphatic heterocycles. The van der Waals surface area contributed by atoms with Crippen molar-refractivity contribution in [2.24, 2.45) is 11.8 Å². The van der Waals surface area contributed by atoms with Gasteiger partial charge in [0.05, 0.1) is 11.4 Å². The lowest BCUT2D eigenvalue weighted by Crippen LogP contribution is -2.37. The summed E-state index contributed by atoms with van der Waals surface area (Å²) in [4.78, 5) is 29.4. The van der Waals surface area contributed by atoms with E-state index in [9.17, 15) is 9.59 Å². The van der Waals surface area contributed by atoms with Gasteiger partial charge in [0.25, 0.3) is 5.91 Å². The van der Waals surface area contributed by atoms with E-state index in [-0.39, 0.29) is 35.0 Å². The van der Waals surface area contributed by atoms with Crippen LogP contribution in [0, 0.1) is 24.6 Å². The number of fused-ring (bicyclic) bond motifs is 1. The molecule has 0 saturated heterocycles. The van der Waals surface area contributed by atoms with Crippen LogP contribution in [-0.2, 0) is 11.2 Å². The van der Waals surface area contributed by atoms with Crippen molar-refractivity contribution in [2.45, 2.75) is 60.8 Å². The molecule has 2 aromatic heterocycles. The molecule has 0 saturated carbocycles. The van der Waals surface area contributed by atoms with Crippen molar-refractivity contribution in [3.8, 4) is 0 Å². The summed E-state index contributed by atoms with van der Waals surface area (Å²) in [6.07, 6.45) is 3.76. The van der Waals surface area contributed by atoms with Crippen LogP contribution in [0.25, 0.3) is 5.57 Å². The highest BCUT2D eigenvalue weighted by atomic mass is 19.1. The number of aromatic nitrogens is 3. The topological polar surface area (TPSA) is 96.9 Å². The molecule has 2 aromatic rings. The third-order valence-electron chi connectivity index (χ3n) is 7.18. The summed E-state index contributed by atoms with van der Waals surface area (Å²) in [5.41, 5.74) is 5.95. The number of nitrogens with zero attached hydrogens (tertiary/aromatic N) is 3. The Bertz CT molecular complexity index is 1280. The maximum atomic E-state index is 16.2. The zero-order valence-corrected chi connectivity index (χ0v) is 21.2. The van der Waals surface area contributed by atoms with E-state index in [1.807, 2.05) is 6.92 Å². The van der Waals surface area contributed by atoms with Crippen molar-refractivity contribution in [3.05, 3.63) is 57.3 Å². The number of hydrogen-bond acceptors (Lipinski definition) is 6. The minimum atomic E-state index is -0.485. The average molecular weight is 478 g/mol. The highest BCUT2D eigenvalue weighted by Crippen LogP contribution is 2.44. The van der Waals surface area contributed by atoms with Crippen LogP contribution in [0.15, 0.2) is 29.0 Å². The molecule has 1 amide bonds. The molecule has 0 bridgehead atoms. The predicted molar refractivity (Wildman–Crippen MR) is 134 cm³/mol. The maximum absolute atomic E-state index is 16.2. The van der Waals surface area contributed by atoms with Gasteiger partial charge in [-0.15, -0.1) is 5.10 Å². The smallest absolute Gasteiger partial charge is 0.251 e. The molecule has 7 nitrogen and oxygen atoms in total. The Morgan fingerprint density at radius 3 is 2.71 bits per heavy atom. The molecule has 0 radical (unpaired) electrons. The number of anilines is 2. The first-order valence-corrected chi connectivity index (χ1v) is 12.2. The number of Topliss-reactive ketones (excluding diaryl/α,β-unsaturated/α-hetero) is 1.